The van der Waals surface area contributed by atoms with Gasteiger partial charge in [0, 0.05) is 29.9 Å². The van der Waals surface area contributed by atoms with Gasteiger partial charge >= 0.3 is 0 Å². The van der Waals surface area contributed by atoms with Crippen LogP contribution in [0.4, 0.5) is 0 Å². The van der Waals surface area contributed by atoms with Gasteiger partial charge in [-0.25, -0.2) is 0 Å². The Hall–Kier alpha value is -2.39. The van der Waals surface area contributed by atoms with Gasteiger partial charge in [-0.1, -0.05) is 54.1 Å². The van der Waals surface area contributed by atoms with Crippen LogP contribution in [0.1, 0.15) is 22.3 Å². The molecule has 0 unspecified atom stereocenters. The summed E-state index contributed by atoms with van der Waals surface area (Å²) in [4.78, 5) is 7.21. The standard InChI is InChI=1S/C21H25N3/c1-15-7-6-9-17(11-15)12-23-21(18-10-5-4-8-16(18)2)19-13-24(3)14-20(19)22/h4-11H,12-14,22H2,1-3H3. The van der Waals surface area contributed by atoms with E-state index in [1.165, 1.54) is 27.8 Å². The highest BCUT2D eigenvalue weighted by Crippen LogP contribution is 2.21. The zero-order chi connectivity index (χ0) is 17.1. The van der Waals surface area contributed by atoms with Crippen LogP contribution in [0.3, 0.4) is 0 Å². The van der Waals surface area contributed by atoms with E-state index in [0.29, 0.717) is 6.54 Å². The number of nitrogens with two attached hydrogens (primary N) is 1. The Balaban J connectivity index is 2.01. The Labute approximate surface area is 144 Å². The Morgan fingerprint density at radius 3 is 2.54 bits per heavy atom. The third-order valence-corrected chi connectivity index (χ3v) is 4.44. The topological polar surface area (TPSA) is 41.6 Å². The van der Waals surface area contributed by atoms with E-state index in [2.05, 4.69) is 74.3 Å². The number of rotatable bonds is 4. The van der Waals surface area contributed by atoms with Crippen molar-refractivity contribution in [2.24, 2.45) is 10.7 Å². The summed E-state index contributed by atoms with van der Waals surface area (Å²) in [5.41, 5.74) is 14.3. The number of hydrogen-bond donors (Lipinski definition) is 1. The van der Waals surface area contributed by atoms with E-state index in [0.717, 1.165) is 24.5 Å². The average molecular weight is 319 g/mol. The third-order valence-electron chi connectivity index (χ3n) is 4.44. The molecule has 0 aliphatic carbocycles. The molecule has 3 nitrogen and oxygen atoms in total. The van der Waals surface area contributed by atoms with Gasteiger partial charge in [0.25, 0.3) is 0 Å². The molecule has 0 aromatic heterocycles. The van der Waals surface area contributed by atoms with Crippen molar-refractivity contribution in [3.8, 4) is 0 Å². The van der Waals surface area contributed by atoms with Crippen molar-refractivity contribution < 1.29 is 0 Å². The van der Waals surface area contributed by atoms with Crippen molar-refractivity contribution in [2.75, 3.05) is 20.1 Å². The molecule has 0 bridgehead atoms. The van der Waals surface area contributed by atoms with Crippen LogP contribution >= 0.6 is 0 Å². The smallest absolute Gasteiger partial charge is 0.0716 e. The first kappa shape index (κ1) is 16.5. The molecule has 3 heteroatoms. The lowest BCUT2D eigenvalue weighted by atomic mass is 9.97. The van der Waals surface area contributed by atoms with E-state index in [1.807, 2.05) is 0 Å². The van der Waals surface area contributed by atoms with Crippen LogP contribution < -0.4 is 5.73 Å². The molecule has 124 valence electrons. The predicted octanol–water partition coefficient (Wildman–Crippen LogP) is 3.45. The molecular formula is C21H25N3. The van der Waals surface area contributed by atoms with Crippen molar-refractivity contribution in [2.45, 2.75) is 20.4 Å². The molecule has 2 aromatic rings. The van der Waals surface area contributed by atoms with Gasteiger partial charge in [0.15, 0.2) is 0 Å². The highest BCUT2D eigenvalue weighted by molar-refractivity contribution is 6.14. The second kappa shape index (κ2) is 7.02. The van der Waals surface area contributed by atoms with Gasteiger partial charge < -0.3 is 5.73 Å². The molecule has 2 aromatic carbocycles. The van der Waals surface area contributed by atoms with Crippen LogP contribution in [0.25, 0.3) is 0 Å². The molecular weight excluding hydrogens is 294 g/mol. The normalized spacial score (nSPS) is 16.0. The largest absolute Gasteiger partial charge is 0.401 e. The minimum atomic E-state index is 0.672. The predicted molar refractivity (Wildman–Crippen MR) is 101 cm³/mol. The van der Waals surface area contributed by atoms with Crippen molar-refractivity contribution >= 4 is 5.71 Å². The molecule has 0 atom stereocenters. The number of hydrogen-bond acceptors (Lipinski definition) is 3. The molecule has 3 rings (SSSR count). The maximum Gasteiger partial charge on any atom is 0.0716 e. The van der Waals surface area contributed by atoms with E-state index < -0.39 is 0 Å². The molecule has 0 spiro atoms. The van der Waals surface area contributed by atoms with Gasteiger partial charge in [0.05, 0.1) is 12.3 Å². The van der Waals surface area contributed by atoms with Crippen molar-refractivity contribution in [1.82, 2.24) is 4.90 Å². The Bertz CT molecular complexity index is 802. The first-order valence-electron chi connectivity index (χ1n) is 8.37. The van der Waals surface area contributed by atoms with E-state index in [4.69, 9.17) is 10.7 Å². The second-order valence-electron chi connectivity index (χ2n) is 6.64. The molecule has 2 N–H and O–H groups in total. The Morgan fingerprint density at radius 1 is 1.08 bits per heavy atom. The van der Waals surface area contributed by atoms with E-state index in [1.54, 1.807) is 0 Å². The second-order valence-corrected chi connectivity index (χ2v) is 6.64. The van der Waals surface area contributed by atoms with Gasteiger partial charge in [-0.3, -0.25) is 9.89 Å². The minimum Gasteiger partial charge on any atom is -0.401 e. The minimum absolute atomic E-state index is 0.672. The molecule has 0 saturated heterocycles. The first-order chi connectivity index (χ1) is 11.5. The van der Waals surface area contributed by atoms with Gasteiger partial charge in [0.1, 0.15) is 0 Å². The van der Waals surface area contributed by atoms with E-state index in [9.17, 15) is 0 Å². The Morgan fingerprint density at radius 2 is 1.88 bits per heavy atom. The fourth-order valence-electron chi connectivity index (χ4n) is 3.20. The summed E-state index contributed by atoms with van der Waals surface area (Å²) in [6.45, 7) is 6.58. The molecule has 1 aliphatic heterocycles. The fourth-order valence-corrected chi connectivity index (χ4v) is 3.20. The molecule has 0 radical (unpaired) electrons. The molecule has 0 fully saturated rings. The number of likely N-dealkylation sites (N-methyl/N-ethyl adjacent to an activating group) is 1. The van der Waals surface area contributed by atoms with Gasteiger partial charge in [-0.15, -0.1) is 0 Å². The molecule has 1 heterocycles. The summed E-state index contributed by atoms with van der Waals surface area (Å²) in [6.07, 6.45) is 0. The summed E-state index contributed by atoms with van der Waals surface area (Å²) in [6, 6.07) is 16.9. The highest BCUT2D eigenvalue weighted by atomic mass is 15.1. The summed E-state index contributed by atoms with van der Waals surface area (Å²) in [5.74, 6) is 0. The van der Waals surface area contributed by atoms with Crippen molar-refractivity contribution in [1.29, 1.82) is 0 Å². The van der Waals surface area contributed by atoms with Crippen molar-refractivity contribution in [3.63, 3.8) is 0 Å². The number of aryl methyl sites for hydroxylation is 2. The zero-order valence-electron chi connectivity index (χ0n) is 14.7. The van der Waals surface area contributed by atoms with Crippen molar-refractivity contribution in [3.05, 3.63) is 82.1 Å². The van der Waals surface area contributed by atoms with Crippen LogP contribution in [-0.2, 0) is 6.54 Å². The number of benzene rings is 2. The van der Waals surface area contributed by atoms with E-state index >= 15 is 0 Å². The summed E-state index contributed by atoms with van der Waals surface area (Å²) >= 11 is 0. The van der Waals surface area contributed by atoms with Gasteiger partial charge in [-0.05, 0) is 32.0 Å². The molecule has 1 aliphatic rings. The SMILES string of the molecule is Cc1cccc(CN=C(C2=C(N)CN(C)C2)c2ccccc2C)c1. The highest BCUT2D eigenvalue weighted by Gasteiger charge is 2.22. The van der Waals surface area contributed by atoms with E-state index in [-0.39, 0.29) is 0 Å². The maximum absolute atomic E-state index is 6.31. The summed E-state index contributed by atoms with van der Waals surface area (Å²) in [7, 11) is 2.09. The van der Waals surface area contributed by atoms with Crippen LogP contribution in [-0.4, -0.2) is 30.7 Å². The zero-order valence-corrected chi connectivity index (χ0v) is 14.7. The lowest BCUT2D eigenvalue weighted by Crippen LogP contribution is -2.18. The average Bonchev–Trinajstić information content (AvgIpc) is 2.88. The molecule has 0 saturated carbocycles. The Kier molecular flexibility index (Phi) is 4.81. The lowest BCUT2D eigenvalue weighted by Gasteiger charge is -2.13. The summed E-state index contributed by atoms with van der Waals surface area (Å²) < 4.78 is 0. The first-order valence-corrected chi connectivity index (χ1v) is 8.37. The quantitative estimate of drug-likeness (QED) is 0.877. The van der Waals surface area contributed by atoms with Gasteiger partial charge in [0.2, 0.25) is 0 Å². The lowest BCUT2D eigenvalue weighted by molar-refractivity contribution is 0.426. The summed E-state index contributed by atoms with van der Waals surface area (Å²) in [5, 5.41) is 0. The maximum atomic E-state index is 6.31. The van der Waals surface area contributed by atoms with Crippen LogP contribution in [0.2, 0.25) is 0 Å². The van der Waals surface area contributed by atoms with Crippen LogP contribution in [0, 0.1) is 13.8 Å². The third kappa shape index (κ3) is 3.57. The van der Waals surface area contributed by atoms with Crippen LogP contribution in [0.15, 0.2) is 64.8 Å². The molecule has 0 amide bonds. The number of nitrogens with zero attached hydrogens (tertiary/aromatic N) is 2. The molecule has 24 heavy (non-hydrogen) atoms. The number of aliphatic imine (C=N–C) groups is 1. The monoisotopic (exact) mass is 319 g/mol. The fraction of sp³-hybridized carbons (Fsp3) is 0.286. The van der Waals surface area contributed by atoms with Crippen LogP contribution in [0.5, 0.6) is 0 Å². The van der Waals surface area contributed by atoms with Gasteiger partial charge in [-0.2, -0.15) is 0 Å².